The van der Waals surface area contributed by atoms with Gasteiger partial charge < -0.3 is 5.11 Å². The molecule has 1 N–H and O–H groups in total. The van der Waals surface area contributed by atoms with E-state index in [1.54, 1.807) is 0 Å². The standard InChI is InChI=1S/C11H18O3/c1-11(2)6-5-9(12)8(7-11)3-4-10(13)14/h8H,3-7H2,1-2H3,(H,13,14). The zero-order chi connectivity index (χ0) is 10.8. The van der Waals surface area contributed by atoms with Crippen molar-refractivity contribution in [3.8, 4) is 0 Å². The molecular formula is C11H18O3. The molecule has 1 aliphatic rings. The van der Waals surface area contributed by atoms with Crippen LogP contribution in [0.3, 0.4) is 0 Å². The van der Waals surface area contributed by atoms with Gasteiger partial charge in [0, 0.05) is 18.8 Å². The third kappa shape index (κ3) is 3.13. The van der Waals surface area contributed by atoms with E-state index in [-0.39, 0.29) is 23.5 Å². The predicted molar refractivity (Wildman–Crippen MR) is 53.0 cm³/mol. The molecule has 1 rings (SSSR count). The van der Waals surface area contributed by atoms with Crippen molar-refractivity contribution in [1.29, 1.82) is 0 Å². The lowest BCUT2D eigenvalue weighted by Crippen LogP contribution is -2.30. The smallest absolute Gasteiger partial charge is 0.303 e. The number of hydrogen-bond donors (Lipinski definition) is 1. The highest BCUT2D eigenvalue weighted by Crippen LogP contribution is 2.38. The number of rotatable bonds is 3. The molecule has 0 amide bonds. The lowest BCUT2D eigenvalue weighted by atomic mass is 9.70. The lowest BCUT2D eigenvalue weighted by Gasteiger charge is -2.34. The topological polar surface area (TPSA) is 54.4 Å². The Labute approximate surface area is 84.5 Å². The lowest BCUT2D eigenvalue weighted by molar-refractivity contribution is -0.137. The summed E-state index contributed by atoms with van der Waals surface area (Å²) in [5, 5.41) is 8.55. The Morgan fingerprint density at radius 1 is 1.57 bits per heavy atom. The largest absolute Gasteiger partial charge is 0.481 e. The van der Waals surface area contributed by atoms with Crippen molar-refractivity contribution in [1.82, 2.24) is 0 Å². The van der Waals surface area contributed by atoms with Crippen molar-refractivity contribution in [2.24, 2.45) is 11.3 Å². The van der Waals surface area contributed by atoms with Crippen LogP contribution in [-0.2, 0) is 9.59 Å². The molecule has 1 atom stereocenters. The molecule has 0 spiro atoms. The quantitative estimate of drug-likeness (QED) is 0.756. The molecule has 1 saturated carbocycles. The molecule has 3 nitrogen and oxygen atoms in total. The zero-order valence-electron chi connectivity index (χ0n) is 8.88. The first-order valence-corrected chi connectivity index (χ1v) is 5.15. The molecule has 3 heteroatoms. The Bertz CT molecular complexity index is 243. The minimum Gasteiger partial charge on any atom is -0.481 e. The van der Waals surface area contributed by atoms with Crippen molar-refractivity contribution in [2.45, 2.75) is 46.0 Å². The van der Waals surface area contributed by atoms with Gasteiger partial charge in [0.05, 0.1) is 0 Å². The summed E-state index contributed by atoms with van der Waals surface area (Å²) >= 11 is 0. The van der Waals surface area contributed by atoms with E-state index in [4.69, 9.17) is 5.11 Å². The Hall–Kier alpha value is -0.860. The highest BCUT2D eigenvalue weighted by Gasteiger charge is 2.33. The van der Waals surface area contributed by atoms with Crippen LogP contribution >= 0.6 is 0 Å². The summed E-state index contributed by atoms with van der Waals surface area (Å²) in [6.45, 7) is 4.29. The summed E-state index contributed by atoms with van der Waals surface area (Å²) < 4.78 is 0. The molecule has 0 aromatic heterocycles. The molecule has 0 radical (unpaired) electrons. The molecule has 1 aliphatic carbocycles. The number of carboxylic acids is 1. The van der Waals surface area contributed by atoms with Gasteiger partial charge >= 0.3 is 5.97 Å². The second-order valence-electron chi connectivity index (χ2n) is 4.96. The maximum atomic E-state index is 11.5. The Balaban J connectivity index is 2.49. The third-order valence-electron chi connectivity index (χ3n) is 3.01. The average Bonchev–Trinajstić information content (AvgIpc) is 2.06. The van der Waals surface area contributed by atoms with E-state index >= 15 is 0 Å². The van der Waals surface area contributed by atoms with E-state index in [0.29, 0.717) is 12.8 Å². The molecule has 0 saturated heterocycles. The van der Waals surface area contributed by atoms with Gasteiger partial charge in [0.1, 0.15) is 5.78 Å². The molecule has 1 fully saturated rings. The minimum atomic E-state index is -0.804. The summed E-state index contributed by atoms with van der Waals surface area (Å²) in [6, 6.07) is 0. The fraction of sp³-hybridized carbons (Fsp3) is 0.818. The summed E-state index contributed by atoms with van der Waals surface area (Å²) in [7, 11) is 0. The van der Waals surface area contributed by atoms with E-state index in [2.05, 4.69) is 13.8 Å². The molecule has 14 heavy (non-hydrogen) atoms. The number of ketones is 1. The van der Waals surface area contributed by atoms with E-state index in [0.717, 1.165) is 12.8 Å². The van der Waals surface area contributed by atoms with Gasteiger partial charge in [0.25, 0.3) is 0 Å². The number of carboxylic acid groups (broad SMARTS) is 1. The summed E-state index contributed by atoms with van der Waals surface area (Å²) in [5.74, 6) is -0.568. The summed E-state index contributed by atoms with van der Waals surface area (Å²) in [6.07, 6.45) is 3.04. The molecular weight excluding hydrogens is 180 g/mol. The van der Waals surface area contributed by atoms with E-state index in [1.165, 1.54) is 0 Å². The van der Waals surface area contributed by atoms with Crippen LogP contribution in [0.2, 0.25) is 0 Å². The fourth-order valence-corrected chi connectivity index (χ4v) is 2.11. The Morgan fingerprint density at radius 3 is 2.79 bits per heavy atom. The van der Waals surface area contributed by atoms with Gasteiger partial charge in [0.15, 0.2) is 0 Å². The first-order valence-electron chi connectivity index (χ1n) is 5.15. The summed E-state index contributed by atoms with van der Waals surface area (Å²) in [5.41, 5.74) is 0.205. The van der Waals surface area contributed by atoms with Crippen molar-refractivity contribution in [3.05, 3.63) is 0 Å². The van der Waals surface area contributed by atoms with Crippen LogP contribution in [0.4, 0.5) is 0 Å². The van der Waals surface area contributed by atoms with Gasteiger partial charge in [-0.25, -0.2) is 0 Å². The molecule has 0 aromatic carbocycles. The van der Waals surface area contributed by atoms with E-state index in [9.17, 15) is 9.59 Å². The number of carbonyl (C=O) groups is 2. The van der Waals surface area contributed by atoms with Gasteiger partial charge in [-0.05, 0) is 24.7 Å². The average molecular weight is 198 g/mol. The first kappa shape index (κ1) is 11.2. The van der Waals surface area contributed by atoms with Gasteiger partial charge in [-0.1, -0.05) is 13.8 Å². The van der Waals surface area contributed by atoms with Gasteiger partial charge in [-0.15, -0.1) is 0 Å². The molecule has 0 aliphatic heterocycles. The first-order chi connectivity index (χ1) is 6.41. The minimum absolute atomic E-state index is 0.0187. The van der Waals surface area contributed by atoms with Crippen LogP contribution in [0.15, 0.2) is 0 Å². The maximum Gasteiger partial charge on any atom is 0.303 e. The van der Waals surface area contributed by atoms with Crippen molar-refractivity contribution >= 4 is 11.8 Å². The number of aliphatic carboxylic acids is 1. The zero-order valence-corrected chi connectivity index (χ0v) is 8.88. The highest BCUT2D eigenvalue weighted by atomic mass is 16.4. The van der Waals surface area contributed by atoms with Crippen molar-refractivity contribution in [3.63, 3.8) is 0 Å². The second-order valence-corrected chi connectivity index (χ2v) is 4.96. The van der Waals surface area contributed by atoms with Gasteiger partial charge in [-0.3, -0.25) is 9.59 Å². The van der Waals surface area contributed by atoms with Crippen LogP contribution in [0.25, 0.3) is 0 Å². The number of hydrogen-bond acceptors (Lipinski definition) is 2. The van der Waals surface area contributed by atoms with Gasteiger partial charge in [-0.2, -0.15) is 0 Å². The SMILES string of the molecule is CC1(C)CCC(=O)C(CCC(=O)O)C1. The van der Waals surface area contributed by atoms with E-state index < -0.39 is 5.97 Å². The number of Topliss-reactive ketones (excluding diaryl/α,β-unsaturated/α-hetero) is 1. The second kappa shape index (κ2) is 4.11. The molecule has 80 valence electrons. The Kier molecular flexibility index (Phi) is 3.29. The van der Waals surface area contributed by atoms with Crippen molar-refractivity contribution in [2.75, 3.05) is 0 Å². The van der Waals surface area contributed by atoms with Crippen LogP contribution < -0.4 is 0 Å². The Morgan fingerprint density at radius 2 is 2.21 bits per heavy atom. The fourth-order valence-electron chi connectivity index (χ4n) is 2.11. The monoisotopic (exact) mass is 198 g/mol. The van der Waals surface area contributed by atoms with Crippen LogP contribution in [0.1, 0.15) is 46.0 Å². The highest BCUT2D eigenvalue weighted by molar-refractivity contribution is 5.82. The normalized spacial score (nSPS) is 26.1. The van der Waals surface area contributed by atoms with Gasteiger partial charge in [0.2, 0.25) is 0 Å². The number of carbonyl (C=O) groups excluding carboxylic acids is 1. The third-order valence-corrected chi connectivity index (χ3v) is 3.01. The van der Waals surface area contributed by atoms with Crippen LogP contribution in [0, 0.1) is 11.3 Å². The predicted octanol–water partition coefficient (Wildman–Crippen LogP) is 2.25. The van der Waals surface area contributed by atoms with E-state index in [1.807, 2.05) is 0 Å². The maximum absolute atomic E-state index is 11.5. The van der Waals surface area contributed by atoms with Crippen LogP contribution in [0.5, 0.6) is 0 Å². The molecule has 0 aromatic rings. The van der Waals surface area contributed by atoms with Crippen molar-refractivity contribution < 1.29 is 14.7 Å². The summed E-state index contributed by atoms with van der Waals surface area (Å²) in [4.78, 5) is 21.9. The molecule has 0 bridgehead atoms. The molecule has 1 unspecified atom stereocenters. The molecule has 0 heterocycles. The van der Waals surface area contributed by atoms with Crippen LogP contribution in [-0.4, -0.2) is 16.9 Å².